The molecule has 28 heavy (non-hydrogen) atoms. The SMILES string of the molecule is CCCCCCCCOc1ccc(N2CCN(C(=O)OC(C)(C)C)CC2)nc1. The molecule has 0 saturated carbocycles. The van der Waals surface area contributed by atoms with Gasteiger partial charge in [-0.3, -0.25) is 0 Å². The lowest BCUT2D eigenvalue weighted by Crippen LogP contribution is -2.50. The molecule has 6 heteroatoms. The van der Waals surface area contributed by atoms with Crippen molar-refractivity contribution < 1.29 is 14.3 Å². The van der Waals surface area contributed by atoms with Gasteiger partial charge in [0.2, 0.25) is 0 Å². The fourth-order valence-corrected chi connectivity index (χ4v) is 3.16. The second-order valence-corrected chi connectivity index (χ2v) is 8.42. The summed E-state index contributed by atoms with van der Waals surface area (Å²) in [5, 5.41) is 0. The van der Waals surface area contributed by atoms with Crippen LogP contribution in [0.4, 0.5) is 10.6 Å². The Balaban J connectivity index is 1.69. The van der Waals surface area contributed by atoms with E-state index in [1.54, 1.807) is 11.1 Å². The number of rotatable bonds is 9. The minimum atomic E-state index is -0.457. The molecule has 0 N–H and O–H groups in total. The number of hydrogen-bond donors (Lipinski definition) is 0. The number of carbonyl (C=O) groups is 1. The second kappa shape index (κ2) is 11.1. The van der Waals surface area contributed by atoms with Crippen LogP contribution in [0.3, 0.4) is 0 Å². The van der Waals surface area contributed by atoms with Crippen molar-refractivity contribution in [1.82, 2.24) is 9.88 Å². The molecular formula is C22H37N3O3. The Labute approximate surface area is 170 Å². The van der Waals surface area contributed by atoms with Crippen LogP contribution in [0.25, 0.3) is 0 Å². The maximum absolute atomic E-state index is 12.2. The molecule has 158 valence electrons. The van der Waals surface area contributed by atoms with Gasteiger partial charge in [0.05, 0.1) is 12.8 Å². The van der Waals surface area contributed by atoms with E-state index in [2.05, 4.69) is 16.8 Å². The van der Waals surface area contributed by atoms with Crippen LogP contribution in [-0.2, 0) is 4.74 Å². The number of ether oxygens (including phenoxy) is 2. The molecule has 1 aromatic rings. The molecule has 0 aliphatic carbocycles. The lowest BCUT2D eigenvalue weighted by molar-refractivity contribution is 0.0240. The highest BCUT2D eigenvalue weighted by Crippen LogP contribution is 2.19. The lowest BCUT2D eigenvalue weighted by atomic mass is 10.1. The fourth-order valence-electron chi connectivity index (χ4n) is 3.16. The Kier molecular flexibility index (Phi) is 8.87. The molecule has 0 unspecified atom stereocenters. The standard InChI is InChI=1S/C22H37N3O3/c1-5-6-7-8-9-10-17-27-19-11-12-20(23-18-19)24-13-15-25(16-14-24)21(26)28-22(2,3)4/h11-12,18H,5-10,13-17H2,1-4H3. The average Bonchev–Trinajstić information content (AvgIpc) is 2.67. The van der Waals surface area contributed by atoms with Crippen molar-refractivity contribution in [2.24, 2.45) is 0 Å². The summed E-state index contributed by atoms with van der Waals surface area (Å²) >= 11 is 0. The molecule has 0 bridgehead atoms. The van der Waals surface area contributed by atoms with Crippen molar-refractivity contribution in [3.8, 4) is 5.75 Å². The van der Waals surface area contributed by atoms with Gasteiger partial charge in [-0.2, -0.15) is 0 Å². The van der Waals surface area contributed by atoms with Gasteiger partial charge in [-0.15, -0.1) is 0 Å². The molecule has 1 fully saturated rings. The summed E-state index contributed by atoms with van der Waals surface area (Å²) in [4.78, 5) is 20.6. The summed E-state index contributed by atoms with van der Waals surface area (Å²) in [6, 6.07) is 3.99. The zero-order valence-electron chi connectivity index (χ0n) is 18.1. The fraction of sp³-hybridized carbons (Fsp3) is 0.727. The Morgan fingerprint density at radius 3 is 2.32 bits per heavy atom. The van der Waals surface area contributed by atoms with Gasteiger partial charge in [-0.25, -0.2) is 9.78 Å². The number of aromatic nitrogens is 1. The molecule has 6 nitrogen and oxygen atoms in total. The van der Waals surface area contributed by atoms with E-state index in [9.17, 15) is 4.79 Å². The Morgan fingerprint density at radius 1 is 1.04 bits per heavy atom. The summed E-state index contributed by atoms with van der Waals surface area (Å²) in [6.07, 6.45) is 9.12. The van der Waals surface area contributed by atoms with E-state index in [-0.39, 0.29) is 6.09 Å². The first-order valence-corrected chi connectivity index (χ1v) is 10.7. The number of amides is 1. The van der Waals surface area contributed by atoms with Crippen LogP contribution >= 0.6 is 0 Å². The number of hydrogen-bond acceptors (Lipinski definition) is 5. The van der Waals surface area contributed by atoms with E-state index in [0.717, 1.165) is 37.7 Å². The van der Waals surface area contributed by atoms with Crippen LogP contribution in [0, 0.1) is 0 Å². The van der Waals surface area contributed by atoms with Gasteiger partial charge in [0.1, 0.15) is 17.2 Å². The maximum atomic E-state index is 12.2. The van der Waals surface area contributed by atoms with Crippen molar-refractivity contribution in [3.05, 3.63) is 18.3 Å². The topological polar surface area (TPSA) is 54.9 Å². The van der Waals surface area contributed by atoms with E-state index in [1.807, 2.05) is 32.9 Å². The van der Waals surface area contributed by atoms with Gasteiger partial charge in [0, 0.05) is 26.2 Å². The van der Waals surface area contributed by atoms with Gasteiger partial charge in [0.15, 0.2) is 0 Å². The number of piperazine rings is 1. The smallest absolute Gasteiger partial charge is 0.410 e. The number of nitrogens with zero attached hydrogens (tertiary/aromatic N) is 3. The van der Waals surface area contributed by atoms with Crippen molar-refractivity contribution in [2.45, 2.75) is 71.8 Å². The molecule has 2 heterocycles. The maximum Gasteiger partial charge on any atom is 0.410 e. The zero-order chi connectivity index (χ0) is 20.4. The van der Waals surface area contributed by atoms with Gasteiger partial charge < -0.3 is 19.3 Å². The number of anilines is 1. The first kappa shape index (κ1) is 22.3. The van der Waals surface area contributed by atoms with Gasteiger partial charge in [-0.1, -0.05) is 39.0 Å². The third kappa shape index (κ3) is 7.95. The van der Waals surface area contributed by atoms with Gasteiger partial charge >= 0.3 is 6.09 Å². The molecule has 1 aliphatic heterocycles. The molecule has 0 radical (unpaired) electrons. The van der Waals surface area contributed by atoms with E-state index >= 15 is 0 Å². The second-order valence-electron chi connectivity index (χ2n) is 8.42. The minimum absolute atomic E-state index is 0.237. The van der Waals surface area contributed by atoms with Crippen LogP contribution in [0.2, 0.25) is 0 Å². The monoisotopic (exact) mass is 391 g/mol. The number of carbonyl (C=O) groups excluding carboxylic acids is 1. The normalized spacial score (nSPS) is 14.9. The number of pyridine rings is 1. The third-order valence-corrected chi connectivity index (χ3v) is 4.74. The van der Waals surface area contributed by atoms with Crippen LogP contribution in [0.15, 0.2) is 18.3 Å². The molecule has 1 aliphatic rings. The molecule has 1 saturated heterocycles. The highest BCUT2D eigenvalue weighted by Gasteiger charge is 2.26. The third-order valence-electron chi connectivity index (χ3n) is 4.74. The van der Waals surface area contributed by atoms with Crippen molar-refractivity contribution in [1.29, 1.82) is 0 Å². The summed E-state index contributed by atoms with van der Waals surface area (Å²) < 4.78 is 11.2. The Morgan fingerprint density at radius 2 is 1.71 bits per heavy atom. The molecule has 0 atom stereocenters. The largest absolute Gasteiger partial charge is 0.492 e. The first-order chi connectivity index (χ1) is 13.4. The quantitative estimate of drug-likeness (QED) is 0.562. The van der Waals surface area contributed by atoms with Crippen LogP contribution in [-0.4, -0.2) is 54.4 Å². The molecular weight excluding hydrogens is 354 g/mol. The summed E-state index contributed by atoms with van der Waals surface area (Å²) in [5.74, 6) is 1.75. The Bertz CT molecular complexity index is 576. The van der Waals surface area contributed by atoms with Crippen molar-refractivity contribution >= 4 is 11.9 Å². The molecule has 2 rings (SSSR count). The van der Waals surface area contributed by atoms with Crippen LogP contribution in [0.5, 0.6) is 5.75 Å². The average molecular weight is 392 g/mol. The van der Waals surface area contributed by atoms with E-state index in [0.29, 0.717) is 13.1 Å². The highest BCUT2D eigenvalue weighted by atomic mass is 16.6. The van der Waals surface area contributed by atoms with E-state index in [4.69, 9.17) is 9.47 Å². The molecule has 0 spiro atoms. The molecule has 0 aromatic carbocycles. The van der Waals surface area contributed by atoms with Crippen LogP contribution in [0.1, 0.15) is 66.2 Å². The summed E-state index contributed by atoms with van der Waals surface area (Å²) in [5.41, 5.74) is -0.457. The lowest BCUT2D eigenvalue weighted by Gasteiger charge is -2.36. The van der Waals surface area contributed by atoms with E-state index in [1.165, 1.54) is 32.1 Å². The van der Waals surface area contributed by atoms with E-state index < -0.39 is 5.60 Å². The summed E-state index contributed by atoms with van der Waals surface area (Å²) in [7, 11) is 0. The predicted molar refractivity (Wildman–Crippen MR) is 113 cm³/mol. The Hall–Kier alpha value is -1.98. The molecule has 1 amide bonds. The number of unbranched alkanes of at least 4 members (excludes halogenated alkanes) is 5. The van der Waals surface area contributed by atoms with Crippen molar-refractivity contribution in [3.63, 3.8) is 0 Å². The van der Waals surface area contributed by atoms with Crippen molar-refractivity contribution in [2.75, 3.05) is 37.7 Å². The summed E-state index contributed by atoms with van der Waals surface area (Å²) in [6.45, 7) is 11.5. The zero-order valence-corrected chi connectivity index (χ0v) is 18.1. The van der Waals surface area contributed by atoms with Crippen LogP contribution < -0.4 is 9.64 Å². The minimum Gasteiger partial charge on any atom is -0.492 e. The van der Waals surface area contributed by atoms with Gasteiger partial charge in [-0.05, 0) is 39.3 Å². The predicted octanol–water partition coefficient (Wildman–Crippen LogP) is 4.88. The first-order valence-electron chi connectivity index (χ1n) is 10.7. The molecule has 1 aromatic heterocycles. The highest BCUT2D eigenvalue weighted by molar-refractivity contribution is 5.68. The van der Waals surface area contributed by atoms with Gasteiger partial charge in [0.25, 0.3) is 0 Å².